The highest BCUT2D eigenvalue weighted by Crippen LogP contribution is 2.26. The van der Waals surface area contributed by atoms with E-state index in [1.54, 1.807) is 25.2 Å². The molecular formula is C16H21NO2S2. The molecule has 1 aromatic heterocycles. The highest BCUT2D eigenvalue weighted by Gasteiger charge is 2.17. The van der Waals surface area contributed by atoms with E-state index in [1.807, 2.05) is 13.0 Å². The molecule has 1 aromatic carbocycles. The third-order valence-corrected chi connectivity index (χ3v) is 6.23. The van der Waals surface area contributed by atoms with Crippen LogP contribution in [0, 0.1) is 0 Å². The van der Waals surface area contributed by atoms with E-state index in [0.29, 0.717) is 6.54 Å². The average Bonchev–Trinajstić information content (AvgIpc) is 2.99. The van der Waals surface area contributed by atoms with E-state index in [1.165, 1.54) is 10.4 Å². The SMILES string of the molecule is CC(CNS(=O)(=O)C(C)C)c1ccc(-c2cccs2)cc1. The van der Waals surface area contributed by atoms with Crippen LogP contribution in [0.5, 0.6) is 0 Å². The first kappa shape index (κ1) is 16.2. The van der Waals surface area contributed by atoms with Crippen LogP contribution < -0.4 is 4.72 Å². The molecule has 0 bridgehead atoms. The fourth-order valence-corrected chi connectivity index (χ4v) is 3.49. The van der Waals surface area contributed by atoms with Gasteiger partial charge in [0.25, 0.3) is 0 Å². The van der Waals surface area contributed by atoms with Gasteiger partial charge >= 0.3 is 0 Å². The lowest BCUT2D eigenvalue weighted by molar-refractivity contribution is 0.566. The molecule has 0 aliphatic rings. The summed E-state index contributed by atoms with van der Waals surface area (Å²) in [5.74, 6) is 0.149. The maximum atomic E-state index is 11.8. The predicted molar refractivity (Wildman–Crippen MR) is 90.2 cm³/mol. The highest BCUT2D eigenvalue weighted by atomic mass is 32.2. The fourth-order valence-electron chi connectivity index (χ4n) is 1.94. The van der Waals surface area contributed by atoms with Gasteiger partial charge in [0.15, 0.2) is 0 Å². The number of thiophene rings is 1. The topological polar surface area (TPSA) is 46.2 Å². The molecule has 1 heterocycles. The quantitative estimate of drug-likeness (QED) is 0.878. The second kappa shape index (κ2) is 6.73. The van der Waals surface area contributed by atoms with E-state index >= 15 is 0 Å². The van der Waals surface area contributed by atoms with Crippen LogP contribution in [0.15, 0.2) is 41.8 Å². The number of hydrogen-bond donors (Lipinski definition) is 1. The number of rotatable bonds is 6. The van der Waals surface area contributed by atoms with Crippen molar-refractivity contribution in [3.8, 4) is 10.4 Å². The normalized spacial score (nSPS) is 13.5. The number of nitrogens with one attached hydrogen (secondary N) is 1. The number of hydrogen-bond acceptors (Lipinski definition) is 3. The van der Waals surface area contributed by atoms with Crippen molar-refractivity contribution in [1.29, 1.82) is 0 Å². The van der Waals surface area contributed by atoms with E-state index in [9.17, 15) is 8.42 Å². The summed E-state index contributed by atoms with van der Waals surface area (Å²) < 4.78 is 26.2. The second-order valence-electron chi connectivity index (χ2n) is 5.44. The molecule has 0 amide bonds. The summed E-state index contributed by atoms with van der Waals surface area (Å²) in [4.78, 5) is 1.25. The molecule has 0 radical (unpaired) electrons. The van der Waals surface area contributed by atoms with E-state index in [-0.39, 0.29) is 5.92 Å². The van der Waals surface area contributed by atoms with Gasteiger partial charge in [-0.05, 0) is 42.3 Å². The van der Waals surface area contributed by atoms with Crippen molar-refractivity contribution in [3.63, 3.8) is 0 Å². The van der Waals surface area contributed by atoms with Crippen LogP contribution in [0.1, 0.15) is 32.3 Å². The molecule has 2 rings (SSSR count). The molecule has 0 saturated carbocycles. The summed E-state index contributed by atoms with van der Waals surface area (Å²) >= 11 is 1.72. The van der Waals surface area contributed by atoms with Crippen LogP contribution in [0.3, 0.4) is 0 Å². The van der Waals surface area contributed by atoms with E-state index in [4.69, 9.17) is 0 Å². The summed E-state index contributed by atoms with van der Waals surface area (Å²) in [7, 11) is -3.19. The fraction of sp³-hybridized carbons (Fsp3) is 0.375. The molecular weight excluding hydrogens is 302 g/mol. The maximum Gasteiger partial charge on any atom is 0.213 e. The Morgan fingerprint density at radius 3 is 2.29 bits per heavy atom. The Morgan fingerprint density at radius 2 is 1.76 bits per heavy atom. The van der Waals surface area contributed by atoms with Gasteiger partial charge < -0.3 is 0 Å². The van der Waals surface area contributed by atoms with Gasteiger partial charge in [-0.1, -0.05) is 37.3 Å². The van der Waals surface area contributed by atoms with Crippen LogP contribution in [-0.4, -0.2) is 20.2 Å². The Kier molecular flexibility index (Phi) is 5.19. The van der Waals surface area contributed by atoms with Gasteiger partial charge in [-0.3, -0.25) is 0 Å². The zero-order chi connectivity index (χ0) is 15.5. The molecule has 1 N–H and O–H groups in total. The van der Waals surface area contributed by atoms with Crippen molar-refractivity contribution >= 4 is 21.4 Å². The Labute approximate surface area is 131 Å². The van der Waals surface area contributed by atoms with Crippen molar-refractivity contribution in [2.45, 2.75) is 31.9 Å². The Bertz CT molecular complexity index is 659. The summed E-state index contributed by atoms with van der Waals surface area (Å²) in [6.45, 7) is 5.83. The lowest BCUT2D eigenvalue weighted by Gasteiger charge is -2.15. The molecule has 3 nitrogen and oxygen atoms in total. The minimum Gasteiger partial charge on any atom is -0.214 e. The molecule has 1 atom stereocenters. The van der Waals surface area contributed by atoms with Gasteiger partial charge in [-0.15, -0.1) is 11.3 Å². The monoisotopic (exact) mass is 323 g/mol. The van der Waals surface area contributed by atoms with Crippen LogP contribution in [0.2, 0.25) is 0 Å². The first-order valence-electron chi connectivity index (χ1n) is 7.02. The largest absolute Gasteiger partial charge is 0.214 e. The minimum absolute atomic E-state index is 0.149. The zero-order valence-electron chi connectivity index (χ0n) is 12.5. The average molecular weight is 323 g/mol. The van der Waals surface area contributed by atoms with Crippen molar-refractivity contribution in [3.05, 3.63) is 47.3 Å². The smallest absolute Gasteiger partial charge is 0.213 e. The molecule has 2 aromatic rings. The number of sulfonamides is 1. The Hall–Kier alpha value is -1.17. The van der Waals surface area contributed by atoms with Crippen molar-refractivity contribution in [2.75, 3.05) is 6.54 Å². The van der Waals surface area contributed by atoms with Crippen LogP contribution in [0.25, 0.3) is 10.4 Å². The molecule has 1 unspecified atom stereocenters. The van der Waals surface area contributed by atoms with Crippen molar-refractivity contribution < 1.29 is 8.42 Å². The molecule has 0 fully saturated rings. The molecule has 0 aliphatic carbocycles. The summed E-state index contributed by atoms with van der Waals surface area (Å²) in [6.07, 6.45) is 0. The van der Waals surface area contributed by atoms with E-state index in [0.717, 1.165) is 5.56 Å². The van der Waals surface area contributed by atoms with Gasteiger partial charge in [0.1, 0.15) is 0 Å². The van der Waals surface area contributed by atoms with E-state index < -0.39 is 15.3 Å². The lowest BCUT2D eigenvalue weighted by Crippen LogP contribution is -2.33. The molecule has 21 heavy (non-hydrogen) atoms. The highest BCUT2D eigenvalue weighted by molar-refractivity contribution is 7.90. The molecule has 5 heteroatoms. The van der Waals surface area contributed by atoms with Gasteiger partial charge in [-0.25, -0.2) is 13.1 Å². The standard InChI is InChI=1S/C16H21NO2S2/c1-12(2)21(18,19)17-11-13(3)14-6-8-15(9-7-14)16-5-4-10-20-16/h4-10,12-13,17H,11H2,1-3H3. The molecule has 0 saturated heterocycles. The first-order valence-corrected chi connectivity index (χ1v) is 9.45. The maximum absolute atomic E-state index is 11.8. The minimum atomic E-state index is -3.19. The van der Waals surface area contributed by atoms with Gasteiger partial charge in [-0.2, -0.15) is 0 Å². The molecule has 0 aliphatic heterocycles. The van der Waals surface area contributed by atoms with Gasteiger partial charge in [0.05, 0.1) is 5.25 Å². The van der Waals surface area contributed by atoms with Crippen LogP contribution >= 0.6 is 11.3 Å². The predicted octanol–water partition coefficient (Wildman–Crippen LogP) is 3.85. The number of benzene rings is 1. The Balaban J connectivity index is 2.02. The third kappa shape index (κ3) is 4.15. The summed E-state index contributed by atoms with van der Waals surface area (Å²) in [6, 6.07) is 12.5. The van der Waals surface area contributed by atoms with Gasteiger partial charge in [0.2, 0.25) is 10.0 Å². The summed E-state index contributed by atoms with van der Waals surface area (Å²) in [5.41, 5.74) is 2.34. The van der Waals surface area contributed by atoms with E-state index in [2.05, 4.69) is 40.4 Å². The second-order valence-corrected chi connectivity index (χ2v) is 8.71. The lowest BCUT2D eigenvalue weighted by atomic mass is 10.00. The van der Waals surface area contributed by atoms with Crippen LogP contribution in [0.4, 0.5) is 0 Å². The molecule has 0 spiro atoms. The molecule has 114 valence electrons. The zero-order valence-corrected chi connectivity index (χ0v) is 14.2. The summed E-state index contributed by atoms with van der Waals surface area (Å²) in [5, 5.41) is 1.66. The van der Waals surface area contributed by atoms with Crippen molar-refractivity contribution in [2.24, 2.45) is 0 Å². The first-order chi connectivity index (χ1) is 9.90. The van der Waals surface area contributed by atoms with Crippen LogP contribution in [-0.2, 0) is 10.0 Å². The van der Waals surface area contributed by atoms with Crippen molar-refractivity contribution in [1.82, 2.24) is 4.72 Å². The Morgan fingerprint density at radius 1 is 1.10 bits per heavy atom. The van der Waals surface area contributed by atoms with Gasteiger partial charge in [0, 0.05) is 11.4 Å². The third-order valence-electron chi connectivity index (χ3n) is 3.50.